The van der Waals surface area contributed by atoms with Crippen LogP contribution in [-0.4, -0.2) is 72.2 Å². The van der Waals surface area contributed by atoms with Gasteiger partial charge in [0.2, 0.25) is 5.91 Å². The molecule has 0 saturated carbocycles. The Bertz CT molecular complexity index is 703. The Hall–Kier alpha value is -2.61. The Balaban J connectivity index is 1.48. The van der Waals surface area contributed by atoms with E-state index in [2.05, 4.69) is 22.3 Å². The Kier molecular flexibility index (Phi) is 6.51. The number of carboxylic acids is 1. The van der Waals surface area contributed by atoms with Crippen LogP contribution < -0.4 is 10.2 Å². The Morgan fingerprint density at radius 1 is 1.14 bits per heavy atom. The summed E-state index contributed by atoms with van der Waals surface area (Å²) in [6, 6.07) is 9.81. The number of ether oxygens (including phenoxy) is 1. The largest absolute Gasteiger partial charge is 0.479 e. The molecule has 2 aliphatic rings. The second kappa shape index (κ2) is 9.05. The second-order valence-electron chi connectivity index (χ2n) is 7.22. The quantitative estimate of drug-likeness (QED) is 0.640. The van der Waals surface area contributed by atoms with Crippen LogP contribution in [0, 0.1) is 0 Å². The van der Waals surface area contributed by atoms with Crippen LogP contribution in [0.5, 0.6) is 0 Å². The Morgan fingerprint density at radius 2 is 1.82 bits per heavy atom. The molecule has 2 saturated heterocycles. The lowest BCUT2D eigenvalue weighted by molar-refractivity contribution is -0.138. The first-order chi connectivity index (χ1) is 13.5. The van der Waals surface area contributed by atoms with Crippen molar-refractivity contribution in [3.8, 4) is 0 Å². The Labute approximate surface area is 164 Å². The molecule has 8 nitrogen and oxygen atoms in total. The predicted molar refractivity (Wildman–Crippen MR) is 103 cm³/mol. The van der Waals surface area contributed by atoms with Gasteiger partial charge >= 0.3 is 5.97 Å². The van der Waals surface area contributed by atoms with Crippen molar-refractivity contribution in [2.24, 2.45) is 0 Å². The molecule has 2 amide bonds. The summed E-state index contributed by atoms with van der Waals surface area (Å²) in [7, 11) is 0. The minimum atomic E-state index is -1.14. The molecular weight excluding hydrogens is 362 g/mol. The topological polar surface area (TPSA) is 102 Å². The molecule has 1 aromatic carbocycles. The maximum absolute atomic E-state index is 12.7. The first-order valence-corrected chi connectivity index (χ1v) is 9.76. The number of piperazine rings is 1. The number of carboxylic acid groups (broad SMARTS) is 1. The lowest BCUT2D eigenvalue weighted by atomic mass is 10.1. The van der Waals surface area contributed by atoms with Gasteiger partial charge in [-0.3, -0.25) is 9.59 Å². The van der Waals surface area contributed by atoms with Gasteiger partial charge in [0.1, 0.15) is 0 Å². The van der Waals surface area contributed by atoms with Crippen LogP contribution in [0.25, 0.3) is 0 Å². The number of amides is 2. The number of epoxide rings is 1. The minimum Gasteiger partial charge on any atom is -0.479 e. The molecule has 0 radical (unpaired) electrons. The van der Waals surface area contributed by atoms with Gasteiger partial charge in [0.25, 0.3) is 5.91 Å². The average molecular weight is 389 g/mol. The molecule has 0 spiro atoms. The molecule has 28 heavy (non-hydrogen) atoms. The third-order valence-corrected chi connectivity index (χ3v) is 5.15. The lowest BCUT2D eigenvalue weighted by Crippen LogP contribution is -2.50. The molecule has 0 bridgehead atoms. The van der Waals surface area contributed by atoms with Gasteiger partial charge in [0.15, 0.2) is 12.2 Å². The van der Waals surface area contributed by atoms with Gasteiger partial charge in [0, 0.05) is 44.3 Å². The number of para-hydroxylation sites is 1. The fourth-order valence-electron chi connectivity index (χ4n) is 3.55. The smallest absolute Gasteiger partial charge is 0.336 e. The maximum atomic E-state index is 12.7. The van der Waals surface area contributed by atoms with Gasteiger partial charge in [-0.25, -0.2) is 4.79 Å². The molecular formula is C20H27N3O5. The number of nitrogens with zero attached hydrogens (tertiary/aromatic N) is 2. The molecule has 2 N–H and O–H groups in total. The molecule has 2 fully saturated rings. The van der Waals surface area contributed by atoms with Crippen molar-refractivity contribution >= 4 is 23.5 Å². The van der Waals surface area contributed by atoms with Crippen LogP contribution in [0.4, 0.5) is 5.69 Å². The average Bonchev–Trinajstić information content (AvgIpc) is 3.50. The number of carbonyl (C=O) groups is 3. The highest BCUT2D eigenvalue weighted by atomic mass is 16.6. The van der Waals surface area contributed by atoms with Crippen LogP contribution >= 0.6 is 0 Å². The van der Waals surface area contributed by atoms with Crippen LogP contribution in [-0.2, 0) is 19.1 Å². The number of anilines is 1. The van der Waals surface area contributed by atoms with Gasteiger partial charge in [-0.2, -0.15) is 0 Å². The number of nitrogens with one attached hydrogen (secondary N) is 1. The number of aliphatic carboxylic acids is 1. The third-order valence-electron chi connectivity index (χ3n) is 5.15. The summed E-state index contributed by atoms with van der Waals surface area (Å²) in [6.45, 7) is 4.82. The predicted octanol–water partition coefficient (Wildman–Crippen LogP) is 0.862. The highest BCUT2D eigenvalue weighted by Gasteiger charge is 2.51. The molecule has 2 aliphatic heterocycles. The van der Waals surface area contributed by atoms with E-state index in [0.29, 0.717) is 19.5 Å². The number of benzene rings is 1. The highest BCUT2D eigenvalue weighted by Crippen LogP contribution is 2.23. The highest BCUT2D eigenvalue weighted by molar-refractivity contribution is 5.92. The summed E-state index contributed by atoms with van der Waals surface area (Å²) in [5.41, 5.74) is 1.16. The summed E-state index contributed by atoms with van der Waals surface area (Å²) in [6.07, 6.45) is -0.319. The first-order valence-electron chi connectivity index (χ1n) is 9.76. The SMILES string of the molecule is CCCC(CC(=O)N1CCN(c2ccccc2)CC1)NC(=O)[C@H]1O[C@@H]1C(=O)O. The van der Waals surface area contributed by atoms with Crippen molar-refractivity contribution in [2.45, 2.75) is 44.4 Å². The Morgan fingerprint density at radius 3 is 2.39 bits per heavy atom. The fourth-order valence-corrected chi connectivity index (χ4v) is 3.55. The van der Waals surface area contributed by atoms with E-state index in [1.165, 1.54) is 0 Å². The van der Waals surface area contributed by atoms with Crippen LogP contribution in [0.1, 0.15) is 26.2 Å². The number of carbonyl (C=O) groups excluding carboxylic acids is 2. The standard InChI is InChI=1S/C20H27N3O5/c1-2-6-14(21-19(25)17-18(28-17)20(26)27)13-16(24)23-11-9-22(10-12-23)15-7-4-3-5-8-15/h3-5,7-8,14,17-18H,2,6,9-13H2,1H3,(H,21,25)(H,26,27)/t14?,17-,18-/m0/s1. The van der Waals surface area contributed by atoms with Gasteiger partial charge in [0.05, 0.1) is 0 Å². The monoisotopic (exact) mass is 389 g/mol. The zero-order valence-electron chi connectivity index (χ0n) is 16.0. The normalized spacial score (nSPS) is 22.5. The lowest BCUT2D eigenvalue weighted by Gasteiger charge is -2.36. The van der Waals surface area contributed by atoms with E-state index in [4.69, 9.17) is 9.84 Å². The number of rotatable bonds is 8. The van der Waals surface area contributed by atoms with Crippen molar-refractivity contribution in [3.63, 3.8) is 0 Å². The number of hydrogen-bond donors (Lipinski definition) is 2. The van der Waals surface area contributed by atoms with Crippen molar-refractivity contribution < 1.29 is 24.2 Å². The first kappa shape index (κ1) is 20.1. The van der Waals surface area contributed by atoms with Crippen molar-refractivity contribution in [1.82, 2.24) is 10.2 Å². The summed E-state index contributed by atoms with van der Waals surface area (Å²) < 4.78 is 4.88. The maximum Gasteiger partial charge on any atom is 0.336 e. The molecule has 0 aromatic heterocycles. The van der Waals surface area contributed by atoms with Crippen LogP contribution in [0.2, 0.25) is 0 Å². The number of hydrogen-bond acceptors (Lipinski definition) is 5. The van der Waals surface area contributed by atoms with Crippen molar-refractivity contribution in [3.05, 3.63) is 30.3 Å². The molecule has 3 atom stereocenters. The van der Waals surface area contributed by atoms with Gasteiger partial charge < -0.3 is 25.0 Å². The third kappa shape index (κ3) is 5.01. The molecule has 0 aliphatic carbocycles. The molecule has 1 aromatic rings. The van der Waals surface area contributed by atoms with E-state index in [1.807, 2.05) is 30.0 Å². The van der Waals surface area contributed by atoms with Crippen LogP contribution in [0.3, 0.4) is 0 Å². The summed E-state index contributed by atoms with van der Waals surface area (Å²) in [4.78, 5) is 39.8. The fraction of sp³-hybridized carbons (Fsp3) is 0.550. The van der Waals surface area contributed by atoms with E-state index >= 15 is 0 Å². The molecule has 8 heteroatoms. The van der Waals surface area contributed by atoms with E-state index in [9.17, 15) is 14.4 Å². The van der Waals surface area contributed by atoms with Gasteiger partial charge in [-0.1, -0.05) is 31.5 Å². The minimum absolute atomic E-state index is 0.0120. The van der Waals surface area contributed by atoms with E-state index in [-0.39, 0.29) is 18.4 Å². The molecule has 3 rings (SSSR count). The second-order valence-corrected chi connectivity index (χ2v) is 7.22. The summed E-state index contributed by atoms with van der Waals surface area (Å²) in [5, 5.41) is 11.6. The van der Waals surface area contributed by atoms with E-state index in [0.717, 1.165) is 25.2 Å². The van der Waals surface area contributed by atoms with Gasteiger partial charge in [-0.15, -0.1) is 0 Å². The van der Waals surface area contributed by atoms with Crippen LogP contribution in [0.15, 0.2) is 30.3 Å². The zero-order chi connectivity index (χ0) is 20.1. The summed E-state index contributed by atoms with van der Waals surface area (Å²) >= 11 is 0. The zero-order valence-corrected chi connectivity index (χ0v) is 16.0. The molecule has 152 valence electrons. The van der Waals surface area contributed by atoms with E-state index < -0.39 is 24.1 Å². The van der Waals surface area contributed by atoms with E-state index in [1.54, 1.807) is 0 Å². The van der Waals surface area contributed by atoms with Gasteiger partial charge in [-0.05, 0) is 18.6 Å². The molecule has 2 heterocycles. The molecule has 1 unspecified atom stereocenters. The van der Waals surface area contributed by atoms with Crippen molar-refractivity contribution in [1.29, 1.82) is 0 Å². The summed E-state index contributed by atoms with van der Waals surface area (Å²) in [5.74, 6) is -1.58. The van der Waals surface area contributed by atoms with Crippen molar-refractivity contribution in [2.75, 3.05) is 31.1 Å².